The summed E-state index contributed by atoms with van der Waals surface area (Å²) in [6.45, 7) is 5.74. The summed E-state index contributed by atoms with van der Waals surface area (Å²) in [6.07, 6.45) is 0. The molecular formula is C17H21FN2O3. The van der Waals surface area contributed by atoms with Crippen LogP contribution >= 0.6 is 0 Å². The summed E-state index contributed by atoms with van der Waals surface area (Å²) in [5.41, 5.74) is 0.0701. The molecule has 2 aliphatic rings. The molecule has 2 fully saturated rings. The van der Waals surface area contributed by atoms with E-state index < -0.39 is 23.2 Å². The second-order valence-electron chi connectivity index (χ2n) is 6.88. The smallest absolute Gasteiger partial charge is 0.307 e. The molecule has 1 aliphatic heterocycles. The Kier molecular flexibility index (Phi) is 3.78. The third kappa shape index (κ3) is 2.66. The van der Waals surface area contributed by atoms with E-state index in [-0.39, 0.29) is 11.7 Å². The number of halogens is 1. The van der Waals surface area contributed by atoms with Crippen molar-refractivity contribution in [1.29, 1.82) is 0 Å². The highest BCUT2D eigenvalue weighted by molar-refractivity contribution is 5.91. The molecule has 3 rings (SSSR count). The Balaban J connectivity index is 1.63. The normalized spacial score (nSPS) is 26.0. The van der Waals surface area contributed by atoms with E-state index in [0.29, 0.717) is 31.9 Å². The van der Waals surface area contributed by atoms with Crippen LogP contribution in [0.1, 0.15) is 13.8 Å². The molecule has 1 aromatic carbocycles. The van der Waals surface area contributed by atoms with Crippen LogP contribution in [0.15, 0.2) is 24.3 Å². The molecule has 0 spiro atoms. The predicted octanol–water partition coefficient (Wildman–Crippen LogP) is 1.83. The van der Waals surface area contributed by atoms with Gasteiger partial charge in [0.15, 0.2) is 0 Å². The van der Waals surface area contributed by atoms with Crippen molar-refractivity contribution in [3.8, 4) is 0 Å². The second-order valence-corrected chi connectivity index (χ2v) is 6.88. The highest BCUT2D eigenvalue weighted by atomic mass is 19.1. The quantitative estimate of drug-likeness (QED) is 0.923. The first kappa shape index (κ1) is 15.8. The van der Waals surface area contributed by atoms with Crippen LogP contribution in [0.25, 0.3) is 0 Å². The van der Waals surface area contributed by atoms with Gasteiger partial charge in [-0.3, -0.25) is 9.59 Å². The van der Waals surface area contributed by atoms with Gasteiger partial charge in [0.05, 0.1) is 17.5 Å². The highest BCUT2D eigenvalue weighted by Gasteiger charge is 2.66. The fourth-order valence-corrected chi connectivity index (χ4v) is 3.63. The van der Waals surface area contributed by atoms with Gasteiger partial charge in [-0.05, 0) is 17.5 Å². The number of carbonyl (C=O) groups excluding carboxylic acids is 1. The zero-order valence-electron chi connectivity index (χ0n) is 13.3. The lowest BCUT2D eigenvalue weighted by Gasteiger charge is -2.36. The van der Waals surface area contributed by atoms with E-state index in [0.717, 1.165) is 0 Å². The van der Waals surface area contributed by atoms with Crippen molar-refractivity contribution >= 4 is 17.6 Å². The van der Waals surface area contributed by atoms with Crippen LogP contribution in [-0.4, -0.2) is 48.1 Å². The molecule has 124 valence electrons. The van der Waals surface area contributed by atoms with Crippen LogP contribution in [0.2, 0.25) is 0 Å². The Morgan fingerprint density at radius 3 is 2.26 bits per heavy atom. The molecule has 1 heterocycles. The Hall–Kier alpha value is -2.11. The van der Waals surface area contributed by atoms with Crippen LogP contribution in [-0.2, 0) is 9.59 Å². The van der Waals surface area contributed by atoms with Crippen molar-refractivity contribution in [3.05, 3.63) is 30.1 Å². The standard InChI is InChI=1S/C17H21FN2O3/c1-17(2)13(14(17)16(22)23)15(21)20-9-7-19(8-10-20)12-6-4-3-5-11(12)18/h3-6,13-14H,7-10H2,1-2H3,(H,22,23). The average Bonchev–Trinajstić information content (AvgIpc) is 3.10. The van der Waals surface area contributed by atoms with Gasteiger partial charge in [-0.1, -0.05) is 26.0 Å². The molecule has 0 radical (unpaired) electrons. The summed E-state index contributed by atoms with van der Waals surface area (Å²) in [4.78, 5) is 27.4. The molecule has 1 saturated heterocycles. The minimum atomic E-state index is -0.904. The van der Waals surface area contributed by atoms with Crippen molar-refractivity contribution in [2.45, 2.75) is 13.8 Å². The second kappa shape index (κ2) is 5.51. The minimum absolute atomic E-state index is 0.0874. The Bertz CT molecular complexity index is 638. The van der Waals surface area contributed by atoms with Crippen LogP contribution < -0.4 is 4.90 Å². The lowest BCUT2D eigenvalue weighted by molar-refractivity contribution is -0.142. The maximum absolute atomic E-state index is 13.8. The summed E-state index contributed by atoms with van der Waals surface area (Å²) in [5.74, 6) is -2.30. The Morgan fingerprint density at radius 1 is 1.13 bits per heavy atom. The Labute approximate surface area is 134 Å². The monoisotopic (exact) mass is 320 g/mol. The van der Waals surface area contributed by atoms with E-state index in [1.807, 2.05) is 18.7 Å². The number of para-hydroxylation sites is 1. The molecule has 2 atom stereocenters. The van der Waals surface area contributed by atoms with Crippen molar-refractivity contribution in [2.24, 2.45) is 17.3 Å². The SMILES string of the molecule is CC1(C)C(C(=O)O)C1C(=O)N1CCN(c2ccccc2F)CC1. The fraction of sp³-hybridized carbons (Fsp3) is 0.529. The highest BCUT2D eigenvalue weighted by Crippen LogP contribution is 2.59. The summed E-state index contributed by atoms with van der Waals surface area (Å²) < 4.78 is 13.8. The number of benzene rings is 1. The average molecular weight is 320 g/mol. The molecule has 1 saturated carbocycles. The topological polar surface area (TPSA) is 60.9 Å². The number of anilines is 1. The van der Waals surface area contributed by atoms with Crippen molar-refractivity contribution in [1.82, 2.24) is 4.90 Å². The molecule has 1 amide bonds. The summed E-state index contributed by atoms with van der Waals surface area (Å²) in [6, 6.07) is 6.61. The van der Waals surface area contributed by atoms with Gasteiger partial charge in [0.25, 0.3) is 0 Å². The first-order valence-corrected chi connectivity index (χ1v) is 7.85. The van der Waals surface area contributed by atoms with Crippen LogP contribution in [0, 0.1) is 23.1 Å². The molecular weight excluding hydrogens is 299 g/mol. The van der Waals surface area contributed by atoms with Gasteiger partial charge < -0.3 is 14.9 Å². The molecule has 6 heteroatoms. The van der Waals surface area contributed by atoms with Crippen LogP contribution in [0.5, 0.6) is 0 Å². The Morgan fingerprint density at radius 2 is 1.74 bits per heavy atom. The lowest BCUT2D eigenvalue weighted by Crippen LogP contribution is -2.50. The number of hydrogen-bond donors (Lipinski definition) is 1. The fourth-order valence-electron chi connectivity index (χ4n) is 3.63. The van der Waals surface area contributed by atoms with Crippen molar-refractivity contribution < 1.29 is 19.1 Å². The summed E-state index contributed by atoms with van der Waals surface area (Å²) >= 11 is 0. The number of aliphatic carboxylic acids is 1. The van der Waals surface area contributed by atoms with Gasteiger partial charge in [-0.2, -0.15) is 0 Å². The van der Waals surface area contributed by atoms with E-state index in [4.69, 9.17) is 0 Å². The molecule has 23 heavy (non-hydrogen) atoms. The van der Waals surface area contributed by atoms with E-state index in [1.54, 1.807) is 23.1 Å². The number of carboxylic acids is 1. The minimum Gasteiger partial charge on any atom is -0.481 e. The van der Waals surface area contributed by atoms with Crippen LogP contribution in [0.4, 0.5) is 10.1 Å². The van der Waals surface area contributed by atoms with Crippen molar-refractivity contribution in [2.75, 3.05) is 31.1 Å². The van der Waals surface area contributed by atoms with Crippen molar-refractivity contribution in [3.63, 3.8) is 0 Å². The molecule has 0 aromatic heterocycles. The van der Waals surface area contributed by atoms with Gasteiger partial charge in [-0.15, -0.1) is 0 Å². The zero-order chi connectivity index (χ0) is 16.8. The largest absolute Gasteiger partial charge is 0.481 e. The number of amides is 1. The van der Waals surface area contributed by atoms with Gasteiger partial charge in [-0.25, -0.2) is 4.39 Å². The van der Waals surface area contributed by atoms with Gasteiger partial charge >= 0.3 is 5.97 Å². The van der Waals surface area contributed by atoms with Gasteiger partial charge in [0.1, 0.15) is 5.82 Å². The molecule has 5 nitrogen and oxygen atoms in total. The van der Waals surface area contributed by atoms with E-state index in [1.165, 1.54) is 6.07 Å². The first-order chi connectivity index (χ1) is 10.8. The summed E-state index contributed by atoms with van der Waals surface area (Å²) in [5, 5.41) is 9.21. The lowest BCUT2D eigenvalue weighted by atomic mass is 10.1. The molecule has 1 aliphatic carbocycles. The number of rotatable bonds is 3. The third-order valence-electron chi connectivity index (χ3n) is 5.14. The van der Waals surface area contributed by atoms with Crippen LogP contribution in [0.3, 0.4) is 0 Å². The number of carbonyl (C=O) groups is 2. The van der Waals surface area contributed by atoms with Gasteiger partial charge in [0.2, 0.25) is 5.91 Å². The number of nitrogens with zero attached hydrogens (tertiary/aromatic N) is 2. The van der Waals surface area contributed by atoms with Gasteiger partial charge in [0, 0.05) is 26.2 Å². The maximum atomic E-state index is 13.8. The molecule has 0 bridgehead atoms. The molecule has 1 aromatic rings. The van der Waals surface area contributed by atoms with E-state index in [2.05, 4.69) is 0 Å². The predicted molar refractivity (Wildman–Crippen MR) is 83.6 cm³/mol. The molecule has 1 N–H and O–H groups in total. The third-order valence-corrected chi connectivity index (χ3v) is 5.14. The first-order valence-electron chi connectivity index (χ1n) is 7.85. The maximum Gasteiger partial charge on any atom is 0.307 e. The van der Waals surface area contributed by atoms with E-state index >= 15 is 0 Å². The zero-order valence-corrected chi connectivity index (χ0v) is 13.3. The number of carboxylic acid groups (broad SMARTS) is 1. The van der Waals surface area contributed by atoms with E-state index in [9.17, 15) is 19.1 Å². The molecule has 2 unspecified atom stereocenters. The summed E-state index contributed by atoms with van der Waals surface area (Å²) in [7, 11) is 0. The number of hydrogen-bond acceptors (Lipinski definition) is 3. The number of piperazine rings is 1.